The standard InChI is InChI=1S/C23H26F3N7O.C2H6/c1-4-16(22-32-28-12-33(22)3)14-6-5-7-15(10-14)20-17-11-18(23(24,25)26)29-19(21(17)31-30-20)13(2)27-8-9-34;1-2/h5-7,10-13,16,27,34H,4,8-9H2,1-3H3,(H,30,31);1-2H3/t13-,16?;/m1./s1. The average Bonchev–Trinajstić information content (AvgIpc) is 3.50. The van der Waals surface area contributed by atoms with Crippen LogP contribution in [0, 0.1) is 0 Å². The zero-order chi connectivity index (χ0) is 26.5. The third-order valence-electron chi connectivity index (χ3n) is 5.87. The SMILES string of the molecule is CC.CCC(c1cccc(-c2n[nH]c3c([C@@H](C)NCCO)nc(C(F)(F)F)cc23)c1)c1nncn1C. The van der Waals surface area contributed by atoms with Gasteiger partial charge in [-0.2, -0.15) is 18.3 Å². The second-order valence-electron chi connectivity index (χ2n) is 8.17. The Morgan fingerprint density at radius 2 is 1.94 bits per heavy atom. The van der Waals surface area contributed by atoms with Crippen molar-refractivity contribution in [2.75, 3.05) is 13.2 Å². The van der Waals surface area contributed by atoms with Gasteiger partial charge in [0.05, 0.1) is 17.8 Å². The quantitative estimate of drug-likeness (QED) is 0.313. The van der Waals surface area contributed by atoms with Crippen molar-refractivity contribution >= 4 is 10.9 Å². The van der Waals surface area contributed by atoms with Crippen LogP contribution in [0.25, 0.3) is 22.2 Å². The molecule has 0 aliphatic carbocycles. The Balaban J connectivity index is 0.00000176. The largest absolute Gasteiger partial charge is 0.433 e. The molecule has 1 unspecified atom stereocenters. The molecule has 194 valence electrons. The van der Waals surface area contributed by atoms with E-state index in [0.29, 0.717) is 22.2 Å². The molecule has 0 amide bonds. The number of pyridine rings is 1. The van der Waals surface area contributed by atoms with Crippen molar-refractivity contribution in [3.8, 4) is 11.3 Å². The number of fused-ring (bicyclic) bond motifs is 1. The third kappa shape index (κ3) is 5.57. The molecular weight excluding hydrogens is 471 g/mol. The van der Waals surface area contributed by atoms with E-state index in [-0.39, 0.29) is 24.8 Å². The van der Waals surface area contributed by atoms with Gasteiger partial charge in [-0.1, -0.05) is 39.0 Å². The number of aromatic amines is 1. The van der Waals surface area contributed by atoms with Crippen LogP contribution >= 0.6 is 0 Å². The summed E-state index contributed by atoms with van der Waals surface area (Å²) in [7, 11) is 1.88. The summed E-state index contributed by atoms with van der Waals surface area (Å²) in [6, 6.07) is 8.08. The second-order valence-corrected chi connectivity index (χ2v) is 8.17. The number of aliphatic hydroxyl groups is 1. The number of halogens is 3. The summed E-state index contributed by atoms with van der Waals surface area (Å²) in [5, 5.41) is 27.9. The Hall–Kier alpha value is -3.31. The maximum Gasteiger partial charge on any atom is 0.433 e. The zero-order valence-corrected chi connectivity index (χ0v) is 21.1. The van der Waals surface area contributed by atoms with E-state index in [1.807, 2.05) is 56.7 Å². The summed E-state index contributed by atoms with van der Waals surface area (Å²) in [5.74, 6) is 0.782. The lowest BCUT2D eigenvalue weighted by Crippen LogP contribution is -2.24. The minimum atomic E-state index is -4.62. The van der Waals surface area contributed by atoms with Gasteiger partial charge in [0, 0.05) is 36.5 Å². The Bertz CT molecular complexity index is 1280. The van der Waals surface area contributed by atoms with E-state index in [4.69, 9.17) is 5.11 Å². The number of aliphatic hydroxyl groups excluding tert-OH is 1. The second kappa shape index (κ2) is 11.6. The van der Waals surface area contributed by atoms with Gasteiger partial charge in [-0.15, -0.1) is 10.2 Å². The predicted octanol–water partition coefficient (Wildman–Crippen LogP) is 4.98. The zero-order valence-electron chi connectivity index (χ0n) is 21.1. The first-order valence-electron chi connectivity index (χ1n) is 12.0. The van der Waals surface area contributed by atoms with Crippen molar-refractivity contribution in [3.63, 3.8) is 0 Å². The van der Waals surface area contributed by atoms with Crippen LogP contribution in [0.5, 0.6) is 0 Å². The van der Waals surface area contributed by atoms with E-state index in [1.54, 1.807) is 13.3 Å². The number of hydrogen-bond acceptors (Lipinski definition) is 6. The number of aryl methyl sites for hydroxylation is 1. The van der Waals surface area contributed by atoms with Gasteiger partial charge in [-0.05, 0) is 31.0 Å². The fraction of sp³-hybridized carbons (Fsp3) is 0.440. The van der Waals surface area contributed by atoms with Crippen molar-refractivity contribution < 1.29 is 18.3 Å². The molecular formula is C25H32F3N7O. The van der Waals surface area contributed by atoms with E-state index in [2.05, 4.69) is 30.7 Å². The lowest BCUT2D eigenvalue weighted by atomic mass is 9.93. The van der Waals surface area contributed by atoms with E-state index in [1.165, 1.54) is 0 Å². The molecule has 4 rings (SSSR count). The van der Waals surface area contributed by atoms with Crippen LogP contribution in [-0.2, 0) is 13.2 Å². The summed E-state index contributed by atoms with van der Waals surface area (Å²) < 4.78 is 42.9. The maximum absolute atomic E-state index is 13.7. The summed E-state index contributed by atoms with van der Waals surface area (Å²) >= 11 is 0. The molecule has 36 heavy (non-hydrogen) atoms. The number of H-pyrrole nitrogens is 1. The Morgan fingerprint density at radius 3 is 2.56 bits per heavy atom. The molecule has 4 aromatic rings. The first-order valence-corrected chi connectivity index (χ1v) is 12.0. The van der Waals surface area contributed by atoms with Gasteiger partial charge >= 0.3 is 6.18 Å². The molecule has 0 saturated carbocycles. The molecule has 0 spiro atoms. The molecule has 3 aromatic heterocycles. The maximum atomic E-state index is 13.7. The molecule has 3 heterocycles. The fourth-order valence-corrected chi connectivity index (χ4v) is 4.18. The topological polar surface area (TPSA) is 105 Å². The minimum Gasteiger partial charge on any atom is -0.395 e. The van der Waals surface area contributed by atoms with Crippen LogP contribution in [0.3, 0.4) is 0 Å². The highest BCUT2D eigenvalue weighted by atomic mass is 19.4. The number of nitrogens with zero attached hydrogens (tertiary/aromatic N) is 5. The summed E-state index contributed by atoms with van der Waals surface area (Å²) in [5.41, 5.74) is 1.69. The number of hydrogen-bond donors (Lipinski definition) is 3. The number of rotatable bonds is 8. The highest BCUT2D eigenvalue weighted by molar-refractivity contribution is 5.94. The lowest BCUT2D eigenvalue weighted by molar-refractivity contribution is -0.141. The molecule has 0 aliphatic rings. The summed E-state index contributed by atoms with van der Waals surface area (Å²) in [6.45, 7) is 7.83. The Morgan fingerprint density at radius 1 is 1.19 bits per heavy atom. The first-order chi connectivity index (χ1) is 17.2. The molecule has 1 aromatic carbocycles. The molecule has 0 bridgehead atoms. The number of nitrogens with one attached hydrogen (secondary N) is 2. The monoisotopic (exact) mass is 503 g/mol. The third-order valence-corrected chi connectivity index (χ3v) is 5.87. The van der Waals surface area contributed by atoms with Gasteiger partial charge in [0.25, 0.3) is 0 Å². The van der Waals surface area contributed by atoms with Crippen LogP contribution in [0.1, 0.15) is 68.9 Å². The smallest absolute Gasteiger partial charge is 0.395 e. The van der Waals surface area contributed by atoms with Crippen LogP contribution in [-0.4, -0.2) is 48.2 Å². The number of aromatic nitrogens is 6. The molecule has 2 atom stereocenters. The van der Waals surface area contributed by atoms with Crippen molar-refractivity contribution in [2.24, 2.45) is 7.05 Å². The van der Waals surface area contributed by atoms with Gasteiger partial charge in [-0.3, -0.25) is 5.10 Å². The molecule has 3 N–H and O–H groups in total. The van der Waals surface area contributed by atoms with Crippen LogP contribution in [0.2, 0.25) is 0 Å². The molecule has 8 nitrogen and oxygen atoms in total. The van der Waals surface area contributed by atoms with Crippen molar-refractivity contribution in [1.29, 1.82) is 0 Å². The van der Waals surface area contributed by atoms with Crippen LogP contribution in [0.15, 0.2) is 36.7 Å². The van der Waals surface area contributed by atoms with Gasteiger partial charge in [0.1, 0.15) is 23.5 Å². The van der Waals surface area contributed by atoms with Crippen LogP contribution < -0.4 is 5.32 Å². The minimum absolute atomic E-state index is 0.0247. The summed E-state index contributed by atoms with van der Waals surface area (Å²) in [6.07, 6.45) is -2.20. The van der Waals surface area contributed by atoms with E-state index >= 15 is 0 Å². The molecule has 0 saturated heterocycles. The molecule has 0 aliphatic heterocycles. The average molecular weight is 504 g/mol. The van der Waals surface area contributed by atoms with Gasteiger partial charge in [0.2, 0.25) is 0 Å². The normalized spacial score (nSPS) is 13.4. The summed E-state index contributed by atoms with van der Waals surface area (Å²) in [4.78, 5) is 3.88. The fourth-order valence-electron chi connectivity index (χ4n) is 4.18. The molecule has 0 fully saturated rings. The van der Waals surface area contributed by atoms with Crippen molar-refractivity contribution in [1.82, 2.24) is 35.3 Å². The lowest BCUT2D eigenvalue weighted by Gasteiger charge is -2.16. The highest BCUT2D eigenvalue weighted by Gasteiger charge is 2.35. The molecule has 0 radical (unpaired) electrons. The van der Waals surface area contributed by atoms with Crippen molar-refractivity contribution in [2.45, 2.75) is 52.3 Å². The van der Waals surface area contributed by atoms with Crippen LogP contribution in [0.4, 0.5) is 13.2 Å². The first kappa shape index (κ1) is 27.3. The highest BCUT2D eigenvalue weighted by Crippen LogP contribution is 2.37. The van der Waals surface area contributed by atoms with E-state index in [9.17, 15) is 13.2 Å². The Labute approximate surface area is 208 Å². The van der Waals surface area contributed by atoms with E-state index in [0.717, 1.165) is 23.9 Å². The van der Waals surface area contributed by atoms with E-state index < -0.39 is 17.9 Å². The predicted molar refractivity (Wildman–Crippen MR) is 132 cm³/mol. The number of benzene rings is 1. The van der Waals surface area contributed by atoms with Crippen molar-refractivity contribution in [3.05, 3.63) is 59.4 Å². The Kier molecular flexibility index (Phi) is 8.80. The van der Waals surface area contributed by atoms with Gasteiger partial charge in [-0.25, -0.2) is 4.98 Å². The van der Waals surface area contributed by atoms with Gasteiger partial charge in [0.15, 0.2) is 0 Å². The van der Waals surface area contributed by atoms with Gasteiger partial charge < -0.3 is 15.0 Å². The molecule has 11 heteroatoms. The number of alkyl halides is 3.